The first-order valence-corrected chi connectivity index (χ1v) is 7.33. The topological polar surface area (TPSA) is 76.0 Å². The number of aliphatic hydroxyl groups excluding tert-OH is 1. The molecule has 0 aliphatic heterocycles. The Bertz CT molecular complexity index is 447. The SMILES string of the molecule is CCOCC(O)COc1cc(C(C)(C)C)sc1C(=O)O. The molecule has 2 N–H and O–H groups in total. The molecule has 0 fully saturated rings. The summed E-state index contributed by atoms with van der Waals surface area (Å²) in [6.45, 7) is 8.58. The van der Waals surface area contributed by atoms with Crippen LogP contribution in [-0.4, -0.2) is 42.1 Å². The van der Waals surface area contributed by atoms with Gasteiger partial charge in [-0.3, -0.25) is 0 Å². The van der Waals surface area contributed by atoms with Gasteiger partial charge in [-0.25, -0.2) is 4.79 Å². The van der Waals surface area contributed by atoms with Crippen molar-refractivity contribution in [2.45, 2.75) is 39.2 Å². The van der Waals surface area contributed by atoms with Crippen LogP contribution in [0.3, 0.4) is 0 Å². The van der Waals surface area contributed by atoms with Crippen molar-refractivity contribution in [1.29, 1.82) is 0 Å². The first-order chi connectivity index (χ1) is 9.25. The number of hydrogen-bond acceptors (Lipinski definition) is 5. The van der Waals surface area contributed by atoms with E-state index in [4.69, 9.17) is 9.47 Å². The van der Waals surface area contributed by atoms with Crippen LogP contribution < -0.4 is 4.74 Å². The van der Waals surface area contributed by atoms with E-state index in [-0.39, 0.29) is 23.5 Å². The van der Waals surface area contributed by atoms with E-state index >= 15 is 0 Å². The molecule has 0 saturated heterocycles. The number of thiophene rings is 1. The van der Waals surface area contributed by atoms with Crippen LogP contribution in [0.4, 0.5) is 0 Å². The molecule has 114 valence electrons. The number of aromatic carboxylic acids is 1. The van der Waals surface area contributed by atoms with Gasteiger partial charge in [0.1, 0.15) is 18.5 Å². The molecule has 1 aromatic rings. The molecule has 1 rings (SSSR count). The third-order valence-corrected chi connectivity index (χ3v) is 4.11. The van der Waals surface area contributed by atoms with Crippen LogP contribution in [0.5, 0.6) is 5.75 Å². The summed E-state index contributed by atoms with van der Waals surface area (Å²) in [7, 11) is 0. The van der Waals surface area contributed by atoms with Gasteiger partial charge >= 0.3 is 5.97 Å². The highest BCUT2D eigenvalue weighted by atomic mass is 32.1. The second-order valence-electron chi connectivity index (χ2n) is 5.48. The maximum atomic E-state index is 11.2. The molecule has 5 nitrogen and oxygen atoms in total. The summed E-state index contributed by atoms with van der Waals surface area (Å²) in [5.74, 6) is -0.706. The number of carboxylic acids is 1. The van der Waals surface area contributed by atoms with E-state index in [2.05, 4.69) is 0 Å². The Kier molecular flexibility index (Phi) is 5.98. The third kappa shape index (κ3) is 4.77. The van der Waals surface area contributed by atoms with E-state index in [9.17, 15) is 15.0 Å². The number of hydrogen-bond donors (Lipinski definition) is 2. The number of carboxylic acid groups (broad SMARTS) is 1. The van der Waals surface area contributed by atoms with Crippen LogP contribution in [0, 0.1) is 0 Å². The van der Waals surface area contributed by atoms with Crippen molar-refractivity contribution in [2.75, 3.05) is 19.8 Å². The van der Waals surface area contributed by atoms with E-state index in [0.29, 0.717) is 12.4 Å². The van der Waals surface area contributed by atoms with Crippen LogP contribution in [-0.2, 0) is 10.2 Å². The Morgan fingerprint density at radius 2 is 2.05 bits per heavy atom. The molecule has 6 heteroatoms. The average molecular weight is 302 g/mol. The molecule has 0 aliphatic rings. The van der Waals surface area contributed by atoms with Crippen molar-refractivity contribution in [3.05, 3.63) is 15.8 Å². The molecule has 0 radical (unpaired) electrons. The molecule has 20 heavy (non-hydrogen) atoms. The molecule has 1 unspecified atom stereocenters. The molecule has 1 atom stereocenters. The highest BCUT2D eigenvalue weighted by Crippen LogP contribution is 2.36. The Labute approximate surface area is 123 Å². The summed E-state index contributed by atoms with van der Waals surface area (Å²) < 4.78 is 10.5. The molecule has 0 spiro atoms. The third-order valence-electron chi connectivity index (χ3n) is 2.58. The molecule has 0 aliphatic carbocycles. The molecule has 1 aromatic heterocycles. The minimum Gasteiger partial charge on any atom is -0.489 e. The Morgan fingerprint density at radius 1 is 1.40 bits per heavy atom. The van der Waals surface area contributed by atoms with Crippen molar-refractivity contribution in [1.82, 2.24) is 0 Å². The summed E-state index contributed by atoms with van der Waals surface area (Å²) in [6, 6.07) is 1.74. The zero-order valence-electron chi connectivity index (χ0n) is 12.3. The summed E-state index contributed by atoms with van der Waals surface area (Å²) >= 11 is 1.21. The zero-order chi connectivity index (χ0) is 15.3. The molecular formula is C14H22O5S. The minimum absolute atomic E-state index is 0.0145. The first-order valence-electron chi connectivity index (χ1n) is 6.52. The summed E-state index contributed by atoms with van der Waals surface area (Å²) in [4.78, 5) is 12.3. The van der Waals surface area contributed by atoms with Gasteiger partial charge in [0.25, 0.3) is 0 Å². The normalized spacial score (nSPS) is 13.2. The van der Waals surface area contributed by atoms with Gasteiger partial charge in [0, 0.05) is 11.5 Å². The van der Waals surface area contributed by atoms with E-state index in [1.54, 1.807) is 6.07 Å². The lowest BCUT2D eigenvalue weighted by molar-refractivity contribution is 0.0162. The van der Waals surface area contributed by atoms with Gasteiger partial charge < -0.3 is 19.7 Å². The summed E-state index contributed by atoms with van der Waals surface area (Å²) in [6.07, 6.45) is -0.769. The van der Waals surface area contributed by atoms with Crippen LogP contribution in [0.1, 0.15) is 42.2 Å². The monoisotopic (exact) mass is 302 g/mol. The lowest BCUT2D eigenvalue weighted by Gasteiger charge is -2.15. The van der Waals surface area contributed by atoms with E-state index in [0.717, 1.165) is 4.88 Å². The second kappa shape index (κ2) is 7.06. The Balaban J connectivity index is 2.78. The average Bonchev–Trinajstić information content (AvgIpc) is 2.77. The van der Waals surface area contributed by atoms with E-state index in [1.807, 2.05) is 27.7 Å². The van der Waals surface area contributed by atoms with Crippen molar-refractivity contribution in [3.8, 4) is 5.75 Å². The van der Waals surface area contributed by atoms with E-state index < -0.39 is 12.1 Å². The maximum Gasteiger partial charge on any atom is 0.349 e. The minimum atomic E-state index is -1.01. The smallest absolute Gasteiger partial charge is 0.349 e. The lowest BCUT2D eigenvalue weighted by atomic mass is 9.95. The maximum absolute atomic E-state index is 11.2. The number of aliphatic hydroxyl groups is 1. The predicted octanol–water partition coefficient (Wildman–Crippen LogP) is 2.52. The summed E-state index contributed by atoms with van der Waals surface area (Å²) in [5, 5.41) is 18.8. The first kappa shape index (κ1) is 16.9. The fourth-order valence-electron chi connectivity index (χ4n) is 1.49. The fourth-order valence-corrected chi connectivity index (χ4v) is 2.49. The van der Waals surface area contributed by atoms with Gasteiger partial charge in [-0.05, 0) is 18.4 Å². The number of rotatable bonds is 7. The number of carbonyl (C=O) groups is 1. The predicted molar refractivity (Wildman–Crippen MR) is 78.0 cm³/mol. The highest BCUT2D eigenvalue weighted by molar-refractivity contribution is 7.14. The molecule has 0 saturated carbocycles. The van der Waals surface area contributed by atoms with Crippen LogP contribution in [0.15, 0.2) is 6.07 Å². The Morgan fingerprint density at radius 3 is 2.55 bits per heavy atom. The lowest BCUT2D eigenvalue weighted by Crippen LogP contribution is -2.23. The molecular weight excluding hydrogens is 280 g/mol. The largest absolute Gasteiger partial charge is 0.489 e. The molecule has 1 heterocycles. The van der Waals surface area contributed by atoms with Gasteiger partial charge in [-0.2, -0.15) is 0 Å². The number of ether oxygens (including phenoxy) is 2. The zero-order valence-corrected chi connectivity index (χ0v) is 13.1. The van der Waals surface area contributed by atoms with Gasteiger partial charge in [0.15, 0.2) is 4.88 Å². The van der Waals surface area contributed by atoms with Crippen molar-refractivity contribution in [2.24, 2.45) is 0 Å². The van der Waals surface area contributed by atoms with Gasteiger partial charge in [0.2, 0.25) is 0 Å². The molecule has 0 bridgehead atoms. The summed E-state index contributed by atoms with van der Waals surface area (Å²) in [5.41, 5.74) is -0.138. The van der Waals surface area contributed by atoms with Gasteiger partial charge in [-0.15, -0.1) is 11.3 Å². The van der Waals surface area contributed by atoms with E-state index in [1.165, 1.54) is 11.3 Å². The Hall–Kier alpha value is -1.11. The van der Waals surface area contributed by atoms with Gasteiger partial charge in [0.05, 0.1) is 6.61 Å². The second-order valence-corrected chi connectivity index (χ2v) is 6.54. The highest BCUT2D eigenvalue weighted by Gasteiger charge is 2.24. The standard InChI is InChI=1S/C14H22O5S/c1-5-18-7-9(15)8-19-10-6-11(14(2,3)4)20-12(10)13(16)17/h6,9,15H,5,7-8H2,1-4H3,(H,16,17). The quantitative estimate of drug-likeness (QED) is 0.809. The molecule has 0 aromatic carbocycles. The molecule has 0 amide bonds. The van der Waals surface area contributed by atoms with Crippen LogP contribution in [0.25, 0.3) is 0 Å². The fraction of sp³-hybridized carbons (Fsp3) is 0.643. The van der Waals surface area contributed by atoms with Crippen LogP contribution >= 0.6 is 11.3 Å². The van der Waals surface area contributed by atoms with Crippen molar-refractivity contribution in [3.63, 3.8) is 0 Å². The van der Waals surface area contributed by atoms with Crippen molar-refractivity contribution >= 4 is 17.3 Å². The van der Waals surface area contributed by atoms with Crippen LogP contribution in [0.2, 0.25) is 0 Å². The van der Waals surface area contributed by atoms with Gasteiger partial charge in [-0.1, -0.05) is 20.8 Å². The van der Waals surface area contributed by atoms with Crippen molar-refractivity contribution < 1.29 is 24.5 Å².